The lowest BCUT2D eigenvalue weighted by atomic mass is 10.3. The molecule has 1 N–H and O–H groups in total. The number of aliphatic hydroxyl groups excluding tert-OH is 1. The number of hydrogen-bond donors (Lipinski definition) is 1. The Balaban J connectivity index is 2.07. The number of rotatable bonds is 3. The Kier molecular flexibility index (Phi) is 4.03. The molecule has 0 aliphatic carbocycles. The Morgan fingerprint density at radius 3 is 2.39 bits per heavy atom. The van der Waals surface area contributed by atoms with Gasteiger partial charge in [0.05, 0.1) is 6.61 Å². The molecule has 2 rings (SSSR count). The van der Waals surface area contributed by atoms with Crippen LogP contribution in [0, 0.1) is 17.6 Å². The van der Waals surface area contributed by atoms with E-state index in [0.717, 1.165) is 0 Å². The molecule has 1 aromatic heterocycles. The zero-order chi connectivity index (χ0) is 13.1. The molecule has 0 unspecified atom stereocenters. The summed E-state index contributed by atoms with van der Waals surface area (Å²) in [5.74, 6) is -3.58. The number of nitrogens with zero attached hydrogens (tertiary/aromatic N) is 3. The van der Waals surface area contributed by atoms with Crippen LogP contribution in [0.4, 0.5) is 19.0 Å². The van der Waals surface area contributed by atoms with Crippen LogP contribution in [0.5, 0.6) is 0 Å². The van der Waals surface area contributed by atoms with E-state index in [0.29, 0.717) is 38.8 Å². The summed E-state index contributed by atoms with van der Waals surface area (Å²) >= 11 is 0. The van der Waals surface area contributed by atoms with Crippen molar-refractivity contribution < 1.29 is 18.3 Å². The largest absolute Gasteiger partial charge is 0.395 e. The summed E-state index contributed by atoms with van der Waals surface area (Å²) in [6.07, 6.45) is 0. The Morgan fingerprint density at radius 1 is 1.11 bits per heavy atom. The Hall–Kier alpha value is -1.34. The summed E-state index contributed by atoms with van der Waals surface area (Å²) in [6, 6.07) is 0.512. The van der Waals surface area contributed by atoms with Gasteiger partial charge in [-0.2, -0.15) is 9.37 Å². The second kappa shape index (κ2) is 5.53. The van der Waals surface area contributed by atoms with Crippen LogP contribution in [0.1, 0.15) is 0 Å². The SMILES string of the molecule is OCCN1CCN(c2nc(F)c(F)cc2F)CC1. The molecule has 7 heteroatoms. The van der Waals surface area contributed by atoms with E-state index in [9.17, 15) is 13.2 Å². The Bertz CT molecular complexity index is 422. The van der Waals surface area contributed by atoms with Crippen molar-refractivity contribution in [2.75, 3.05) is 44.2 Å². The zero-order valence-electron chi connectivity index (χ0n) is 9.74. The highest BCUT2D eigenvalue weighted by molar-refractivity contribution is 5.40. The monoisotopic (exact) mass is 261 g/mol. The van der Waals surface area contributed by atoms with E-state index < -0.39 is 17.6 Å². The van der Waals surface area contributed by atoms with E-state index >= 15 is 0 Å². The van der Waals surface area contributed by atoms with Crippen LogP contribution in [0.2, 0.25) is 0 Å². The predicted octanol–water partition coefficient (Wildman–Crippen LogP) is 0.613. The maximum absolute atomic E-state index is 13.5. The molecule has 0 aromatic carbocycles. The summed E-state index contributed by atoms with van der Waals surface area (Å²) in [4.78, 5) is 6.89. The number of piperazine rings is 1. The minimum Gasteiger partial charge on any atom is -0.395 e. The third-order valence-electron chi connectivity index (χ3n) is 2.96. The van der Waals surface area contributed by atoms with Gasteiger partial charge in [0.1, 0.15) is 0 Å². The van der Waals surface area contributed by atoms with Gasteiger partial charge in [-0.1, -0.05) is 0 Å². The van der Waals surface area contributed by atoms with Gasteiger partial charge in [0.2, 0.25) is 0 Å². The summed E-state index contributed by atoms with van der Waals surface area (Å²) in [5, 5.41) is 8.79. The van der Waals surface area contributed by atoms with Crippen LogP contribution in [-0.4, -0.2) is 54.3 Å². The van der Waals surface area contributed by atoms with Gasteiger partial charge in [-0.15, -0.1) is 0 Å². The Morgan fingerprint density at radius 2 is 1.78 bits per heavy atom. The molecule has 0 amide bonds. The number of hydrogen-bond acceptors (Lipinski definition) is 4. The minimum atomic E-state index is -1.29. The highest BCUT2D eigenvalue weighted by Gasteiger charge is 2.22. The number of aliphatic hydroxyl groups is 1. The van der Waals surface area contributed by atoms with Crippen molar-refractivity contribution in [2.24, 2.45) is 0 Å². The first-order valence-corrected chi connectivity index (χ1v) is 5.71. The van der Waals surface area contributed by atoms with Crippen molar-refractivity contribution in [3.63, 3.8) is 0 Å². The number of β-amino-alcohol motifs (C(OH)–C–C–N with tert-alkyl or cyclic N) is 1. The summed E-state index contributed by atoms with van der Waals surface area (Å²) in [6.45, 7) is 2.81. The van der Waals surface area contributed by atoms with Gasteiger partial charge in [-0.05, 0) is 0 Å². The van der Waals surface area contributed by atoms with Gasteiger partial charge >= 0.3 is 0 Å². The van der Waals surface area contributed by atoms with Gasteiger partial charge in [0.15, 0.2) is 17.5 Å². The quantitative estimate of drug-likeness (QED) is 0.809. The number of pyridine rings is 1. The minimum absolute atomic E-state index is 0.0672. The molecular formula is C11H14F3N3O. The lowest BCUT2D eigenvalue weighted by molar-refractivity contribution is 0.188. The van der Waals surface area contributed by atoms with E-state index in [2.05, 4.69) is 4.98 Å². The second-order valence-corrected chi connectivity index (χ2v) is 4.12. The average molecular weight is 261 g/mol. The number of halogens is 3. The van der Waals surface area contributed by atoms with Gasteiger partial charge in [-0.3, -0.25) is 4.90 Å². The van der Waals surface area contributed by atoms with E-state index in [-0.39, 0.29) is 12.4 Å². The van der Waals surface area contributed by atoms with E-state index in [1.54, 1.807) is 4.90 Å². The first-order chi connectivity index (χ1) is 8.61. The fourth-order valence-corrected chi connectivity index (χ4v) is 1.98. The highest BCUT2D eigenvalue weighted by atomic mass is 19.2. The maximum Gasteiger partial charge on any atom is 0.251 e. The summed E-state index contributed by atoms with van der Waals surface area (Å²) < 4.78 is 39.2. The van der Waals surface area contributed by atoms with Gasteiger partial charge in [0, 0.05) is 38.8 Å². The van der Waals surface area contributed by atoms with E-state index in [1.165, 1.54) is 0 Å². The van der Waals surface area contributed by atoms with Crippen LogP contribution < -0.4 is 4.90 Å². The third kappa shape index (κ3) is 2.73. The normalized spacial score (nSPS) is 17.2. The molecule has 1 fully saturated rings. The molecule has 2 heterocycles. The van der Waals surface area contributed by atoms with Crippen molar-refractivity contribution in [1.29, 1.82) is 0 Å². The van der Waals surface area contributed by atoms with Crippen molar-refractivity contribution in [3.8, 4) is 0 Å². The van der Waals surface area contributed by atoms with Crippen LogP contribution in [0.3, 0.4) is 0 Å². The van der Waals surface area contributed by atoms with Gasteiger partial charge < -0.3 is 10.0 Å². The third-order valence-corrected chi connectivity index (χ3v) is 2.96. The molecule has 1 saturated heterocycles. The lowest BCUT2D eigenvalue weighted by Gasteiger charge is -2.35. The van der Waals surface area contributed by atoms with Crippen LogP contribution in [0.15, 0.2) is 6.07 Å². The predicted molar refractivity (Wildman–Crippen MR) is 59.8 cm³/mol. The molecule has 1 aliphatic heterocycles. The average Bonchev–Trinajstić information content (AvgIpc) is 2.35. The molecule has 0 atom stereocenters. The number of aromatic nitrogens is 1. The van der Waals surface area contributed by atoms with E-state index in [4.69, 9.17) is 5.11 Å². The molecule has 1 aliphatic rings. The molecule has 0 radical (unpaired) electrons. The molecule has 100 valence electrons. The fraction of sp³-hybridized carbons (Fsp3) is 0.545. The van der Waals surface area contributed by atoms with Crippen molar-refractivity contribution in [3.05, 3.63) is 23.6 Å². The first kappa shape index (κ1) is 13.1. The molecule has 4 nitrogen and oxygen atoms in total. The van der Waals surface area contributed by atoms with Crippen molar-refractivity contribution >= 4 is 5.82 Å². The van der Waals surface area contributed by atoms with Gasteiger partial charge in [0.25, 0.3) is 5.95 Å². The summed E-state index contributed by atoms with van der Waals surface area (Å²) in [7, 11) is 0. The smallest absolute Gasteiger partial charge is 0.251 e. The standard InChI is InChI=1S/C11H14F3N3O/c12-8-7-9(13)11(15-10(8)14)17-3-1-16(2-4-17)5-6-18/h7,18H,1-6H2. The highest BCUT2D eigenvalue weighted by Crippen LogP contribution is 2.20. The molecule has 18 heavy (non-hydrogen) atoms. The molecule has 0 saturated carbocycles. The fourth-order valence-electron chi connectivity index (χ4n) is 1.98. The lowest BCUT2D eigenvalue weighted by Crippen LogP contribution is -2.47. The zero-order valence-corrected chi connectivity index (χ0v) is 9.74. The Labute approximate surface area is 103 Å². The van der Waals surface area contributed by atoms with Gasteiger partial charge in [-0.25, -0.2) is 8.78 Å². The summed E-state index contributed by atoms with van der Waals surface area (Å²) in [5.41, 5.74) is 0. The van der Waals surface area contributed by atoms with E-state index in [1.807, 2.05) is 4.90 Å². The van der Waals surface area contributed by atoms with Crippen molar-refractivity contribution in [1.82, 2.24) is 9.88 Å². The molecule has 0 spiro atoms. The van der Waals surface area contributed by atoms with Crippen molar-refractivity contribution in [2.45, 2.75) is 0 Å². The molecule has 1 aromatic rings. The van der Waals surface area contributed by atoms with Crippen LogP contribution in [-0.2, 0) is 0 Å². The second-order valence-electron chi connectivity index (χ2n) is 4.12. The number of anilines is 1. The molecular weight excluding hydrogens is 247 g/mol. The van der Waals surface area contributed by atoms with Crippen LogP contribution >= 0.6 is 0 Å². The topological polar surface area (TPSA) is 39.6 Å². The molecule has 0 bridgehead atoms. The van der Waals surface area contributed by atoms with Crippen LogP contribution in [0.25, 0.3) is 0 Å². The first-order valence-electron chi connectivity index (χ1n) is 5.71. The maximum atomic E-state index is 13.5.